The molecule has 0 spiro atoms. The van der Waals surface area contributed by atoms with Gasteiger partial charge in [-0.15, -0.1) is 0 Å². The van der Waals surface area contributed by atoms with Gasteiger partial charge in [-0.25, -0.2) is 0 Å². The van der Waals surface area contributed by atoms with Crippen molar-refractivity contribution in [3.63, 3.8) is 0 Å². The highest BCUT2D eigenvalue weighted by molar-refractivity contribution is 5.94. The summed E-state index contributed by atoms with van der Waals surface area (Å²) in [5.74, 6) is -2.09. The summed E-state index contributed by atoms with van der Waals surface area (Å²) in [6.07, 6.45) is 0.907. The number of amides is 4. The second-order valence-electron chi connectivity index (χ2n) is 6.95. The van der Waals surface area contributed by atoms with Gasteiger partial charge in [0.15, 0.2) is 0 Å². The number of carbonyl (C=O) groups is 4. The van der Waals surface area contributed by atoms with Crippen LogP contribution in [0.15, 0.2) is 30.3 Å². The number of benzene rings is 1. The fraction of sp³-hybridized carbons (Fsp3) is 0.500. The summed E-state index contributed by atoms with van der Waals surface area (Å²) >= 11 is 0. The summed E-state index contributed by atoms with van der Waals surface area (Å²) < 4.78 is 0. The van der Waals surface area contributed by atoms with Crippen molar-refractivity contribution in [3.8, 4) is 0 Å². The van der Waals surface area contributed by atoms with E-state index >= 15 is 0 Å². The van der Waals surface area contributed by atoms with E-state index in [1.54, 1.807) is 0 Å². The van der Waals surface area contributed by atoms with Crippen LogP contribution in [0.2, 0.25) is 0 Å². The van der Waals surface area contributed by atoms with Crippen LogP contribution in [0.25, 0.3) is 0 Å². The molecule has 0 saturated carbocycles. The van der Waals surface area contributed by atoms with Gasteiger partial charge >= 0.3 is 0 Å². The molecule has 0 unspecified atom stereocenters. The molecule has 154 valence electrons. The lowest BCUT2D eigenvalue weighted by molar-refractivity contribution is -0.133. The van der Waals surface area contributed by atoms with Crippen molar-refractivity contribution in [1.29, 1.82) is 0 Å². The molecule has 4 amide bonds. The second-order valence-corrected chi connectivity index (χ2v) is 6.95. The fourth-order valence-electron chi connectivity index (χ4n) is 2.63. The number of nitrogens with two attached hydrogens (primary N) is 1. The van der Waals surface area contributed by atoms with Gasteiger partial charge in [-0.1, -0.05) is 50.6 Å². The number of nitrogens with one attached hydrogen (secondary N) is 3. The van der Waals surface area contributed by atoms with Gasteiger partial charge in [0.05, 0.1) is 0 Å². The minimum atomic E-state index is -0.919. The van der Waals surface area contributed by atoms with E-state index < -0.39 is 35.8 Å². The van der Waals surface area contributed by atoms with Gasteiger partial charge in [0.25, 0.3) is 0 Å². The first kappa shape index (κ1) is 23.1. The van der Waals surface area contributed by atoms with Gasteiger partial charge in [-0.3, -0.25) is 19.2 Å². The number of carbonyl (C=O) groups excluding carboxylic acids is 4. The van der Waals surface area contributed by atoms with E-state index in [2.05, 4.69) is 16.0 Å². The SMILES string of the molecule is CC[C@H](C)[C@H](NC(C)=O)C(=O)N[C@@H](Cc1ccccc1)C(=O)N[C@@H](C)C(N)=O. The highest BCUT2D eigenvalue weighted by Crippen LogP contribution is 2.10. The summed E-state index contributed by atoms with van der Waals surface area (Å²) in [7, 11) is 0. The second kappa shape index (κ2) is 11.1. The van der Waals surface area contributed by atoms with Gasteiger partial charge in [0, 0.05) is 13.3 Å². The molecule has 1 aromatic carbocycles. The minimum Gasteiger partial charge on any atom is -0.368 e. The maximum Gasteiger partial charge on any atom is 0.243 e. The summed E-state index contributed by atoms with van der Waals surface area (Å²) in [6, 6.07) is 6.63. The Labute approximate surface area is 165 Å². The molecule has 0 aromatic heterocycles. The molecule has 0 heterocycles. The molecule has 0 aliphatic rings. The van der Waals surface area contributed by atoms with Gasteiger partial charge < -0.3 is 21.7 Å². The van der Waals surface area contributed by atoms with Crippen molar-refractivity contribution in [1.82, 2.24) is 16.0 Å². The lowest BCUT2D eigenvalue weighted by atomic mass is 9.97. The molecule has 28 heavy (non-hydrogen) atoms. The largest absolute Gasteiger partial charge is 0.368 e. The van der Waals surface area contributed by atoms with Crippen LogP contribution in [0.3, 0.4) is 0 Å². The maximum absolute atomic E-state index is 12.8. The monoisotopic (exact) mass is 390 g/mol. The Kier molecular flexibility index (Phi) is 9.14. The van der Waals surface area contributed by atoms with Crippen LogP contribution in [0, 0.1) is 5.92 Å². The number of rotatable bonds is 10. The molecule has 0 aliphatic carbocycles. The highest BCUT2D eigenvalue weighted by Gasteiger charge is 2.30. The average Bonchev–Trinajstić information content (AvgIpc) is 2.65. The van der Waals surface area contributed by atoms with Crippen LogP contribution < -0.4 is 21.7 Å². The lowest BCUT2D eigenvalue weighted by Gasteiger charge is -2.26. The first-order valence-electron chi connectivity index (χ1n) is 9.36. The quantitative estimate of drug-likeness (QED) is 0.456. The van der Waals surface area contributed by atoms with Crippen LogP contribution in [0.4, 0.5) is 0 Å². The molecule has 0 fully saturated rings. The highest BCUT2D eigenvalue weighted by atomic mass is 16.2. The Balaban J connectivity index is 3.01. The van der Waals surface area contributed by atoms with Crippen molar-refractivity contribution < 1.29 is 19.2 Å². The van der Waals surface area contributed by atoms with Crippen LogP contribution in [0.5, 0.6) is 0 Å². The summed E-state index contributed by atoms with van der Waals surface area (Å²) in [4.78, 5) is 48.2. The van der Waals surface area contributed by atoms with Crippen molar-refractivity contribution >= 4 is 23.6 Å². The zero-order valence-corrected chi connectivity index (χ0v) is 16.8. The third-order valence-electron chi connectivity index (χ3n) is 4.56. The Hall–Kier alpha value is -2.90. The van der Waals surface area contributed by atoms with E-state index in [0.29, 0.717) is 6.42 Å². The van der Waals surface area contributed by atoms with Crippen molar-refractivity contribution in [2.75, 3.05) is 0 Å². The smallest absolute Gasteiger partial charge is 0.243 e. The Morgan fingerprint density at radius 3 is 2.07 bits per heavy atom. The van der Waals surface area contributed by atoms with Crippen LogP contribution >= 0.6 is 0 Å². The van der Waals surface area contributed by atoms with E-state index in [1.807, 2.05) is 44.2 Å². The van der Waals surface area contributed by atoms with Crippen LogP contribution in [-0.4, -0.2) is 41.8 Å². The number of hydrogen-bond donors (Lipinski definition) is 4. The number of hydrogen-bond acceptors (Lipinski definition) is 4. The zero-order chi connectivity index (χ0) is 21.3. The van der Waals surface area contributed by atoms with E-state index in [4.69, 9.17) is 5.73 Å². The lowest BCUT2D eigenvalue weighted by Crippen LogP contribution is -2.57. The predicted molar refractivity (Wildman–Crippen MR) is 106 cm³/mol. The van der Waals surface area contributed by atoms with Crippen LogP contribution in [-0.2, 0) is 25.6 Å². The Bertz CT molecular complexity index is 693. The topological polar surface area (TPSA) is 130 Å². The van der Waals surface area contributed by atoms with Crippen molar-refractivity contribution in [2.24, 2.45) is 11.7 Å². The summed E-state index contributed by atoms with van der Waals surface area (Å²) in [6.45, 7) is 6.57. The third-order valence-corrected chi connectivity index (χ3v) is 4.56. The molecular formula is C20H30N4O4. The molecule has 0 saturated heterocycles. The average molecular weight is 390 g/mol. The van der Waals surface area contributed by atoms with Gasteiger partial charge in [0.2, 0.25) is 23.6 Å². The van der Waals surface area contributed by atoms with E-state index in [9.17, 15) is 19.2 Å². The first-order valence-corrected chi connectivity index (χ1v) is 9.36. The van der Waals surface area contributed by atoms with Crippen molar-refractivity contribution in [3.05, 3.63) is 35.9 Å². The van der Waals surface area contributed by atoms with E-state index in [-0.39, 0.29) is 18.2 Å². The normalized spacial score (nSPS) is 14.9. The molecule has 1 rings (SSSR count). The maximum atomic E-state index is 12.8. The molecule has 1 aromatic rings. The number of primary amides is 1. The molecule has 0 aliphatic heterocycles. The molecule has 5 N–H and O–H groups in total. The van der Waals surface area contributed by atoms with Gasteiger partial charge in [-0.2, -0.15) is 0 Å². The summed E-state index contributed by atoms with van der Waals surface area (Å²) in [5.41, 5.74) is 6.05. The van der Waals surface area contributed by atoms with E-state index in [1.165, 1.54) is 13.8 Å². The molecule has 8 nitrogen and oxygen atoms in total. The van der Waals surface area contributed by atoms with Gasteiger partial charge in [-0.05, 0) is 18.4 Å². The summed E-state index contributed by atoms with van der Waals surface area (Å²) in [5, 5.41) is 7.87. The molecule has 0 radical (unpaired) electrons. The molecule has 0 bridgehead atoms. The molecule has 8 heteroatoms. The minimum absolute atomic E-state index is 0.117. The Morgan fingerprint density at radius 2 is 1.57 bits per heavy atom. The van der Waals surface area contributed by atoms with E-state index in [0.717, 1.165) is 5.56 Å². The van der Waals surface area contributed by atoms with Gasteiger partial charge in [0.1, 0.15) is 18.1 Å². The zero-order valence-electron chi connectivity index (χ0n) is 16.8. The third kappa shape index (κ3) is 7.38. The Morgan fingerprint density at radius 1 is 0.964 bits per heavy atom. The standard InChI is InChI=1S/C20H30N4O4/c1-5-12(2)17(23-14(4)25)20(28)24-16(11-15-9-7-6-8-10-15)19(27)22-13(3)18(21)26/h6-10,12-13,16-17H,5,11H2,1-4H3,(H2,21,26)(H,22,27)(H,23,25)(H,24,28)/t12-,13-,16-,17-/m0/s1. The van der Waals surface area contributed by atoms with Crippen LogP contribution in [0.1, 0.15) is 39.7 Å². The molecular weight excluding hydrogens is 360 g/mol. The molecule has 4 atom stereocenters. The predicted octanol–water partition coefficient (Wildman–Crippen LogP) is 0.255. The first-order chi connectivity index (χ1) is 13.1. The van der Waals surface area contributed by atoms with Crippen molar-refractivity contribution in [2.45, 2.75) is 58.7 Å². The fourth-order valence-corrected chi connectivity index (χ4v) is 2.63.